The molecule has 0 saturated heterocycles. The van der Waals surface area contributed by atoms with E-state index in [1.165, 1.54) is 19.2 Å². The van der Waals surface area contributed by atoms with E-state index in [0.29, 0.717) is 17.1 Å². The zero-order chi connectivity index (χ0) is 17.3. The smallest absolute Gasteiger partial charge is 0.273 e. The van der Waals surface area contributed by atoms with Crippen LogP contribution in [0.2, 0.25) is 0 Å². The van der Waals surface area contributed by atoms with Gasteiger partial charge in [-0.25, -0.2) is 0 Å². The molecule has 2 aromatic heterocycles. The number of rotatable bonds is 4. The number of amides is 1. The van der Waals surface area contributed by atoms with Crippen LogP contribution >= 0.6 is 0 Å². The van der Waals surface area contributed by atoms with Gasteiger partial charge < -0.3 is 10.3 Å². The summed E-state index contributed by atoms with van der Waals surface area (Å²) < 4.78 is 1.62. The van der Waals surface area contributed by atoms with Gasteiger partial charge in [0.25, 0.3) is 5.91 Å². The van der Waals surface area contributed by atoms with Crippen LogP contribution in [0.4, 0.5) is 5.82 Å². The lowest BCUT2D eigenvalue weighted by atomic mass is 10.1. The summed E-state index contributed by atoms with van der Waals surface area (Å²) in [7, 11) is 1.77. The summed E-state index contributed by atoms with van der Waals surface area (Å²) in [6.45, 7) is 3.48. The standard InChI is InChI=1S/C18H18N4O2/c1-11-6-4-5-7-14(11)15-9-17(22(3)21-15)20-18(24)16-8-13(10-19-16)12(2)23/h4-10,19H,1-3H3,(H,20,24). The number of aromatic nitrogens is 3. The number of nitrogens with one attached hydrogen (secondary N) is 2. The number of aryl methyl sites for hydroxylation is 2. The molecule has 6 heteroatoms. The second-order valence-corrected chi connectivity index (χ2v) is 5.67. The highest BCUT2D eigenvalue weighted by Gasteiger charge is 2.14. The number of nitrogens with zero attached hydrogens (tertiary/aromatic N) is 2. The zero-order valence-corrected chi connectivity index (χ0v) is 13.8. The molecule has 0 aliphatic carbocycles. The van der Waals surface area contributed by atoms with Crippen LogP contribution in [0.5, 0.6) is 0 Å². The Labute approximate surface area is 139 Å². The van der Waals surface area contributed by atoms with Gasteiger partial charge in [-0.2, -0.15) is 5.10 Å². The third-order valence-electron chi connectivity index (χ3n) is 3.88. The molecule has 6 nitrogen and oxygen atoms in total. The minimum atomic E-state index is -0.318. The van der Waals surface area contributed by atoms with Crippen molar-refractivity contribution < 1.29 is 9.59 Å². The number of carbonyl (C=O) groups is 2. The molecule has 1 amide bonds. The van der Waals surface area contributed by atoms with E-state index in [4.69, 9.17) is 0 Å². The lowest BCUT2D eigenvalue weighted by Gasteiger charge is -2.02. The second-order valence-electron chi connectivity index (χ2n) is 5.67. The quantitative estimate of drug-likeness (QED) is 0.724. The zero-order valence-electron chi connectivity index (χ0n) is 13.8. The number of H-pyrrole nitrogens is 1. The van der Waals surface area contributed by atoms with E-state index in [0.717, 1.165) is 16.8 Å². The van der Waals surface area contributed by atoms with Crippen molar-refractivity contribution >= 4 is 17.5 Å². The summed E-state index contributed by atoms with van der Waals surface area (Å²) in [5.74, 6) is 0.173. The Morgan fingerprint density at radius 3 is 2.62 bits per heavy atom. The van der Waals surface area contributed by atoms with E-state index in [9.17, 15) is 9.59 Å². The molecule has 0 spiro atoms. The summed E-state index contributed by atoms with van der Waals surface area (Å²) in [6, 6.07) is 11.3. The summed E-state index contributed by atoms with van der Waals surface area (Å²) in [5, 5.41) is 7.27. The average Bonchev–Trinajstić information content (AvgIpc) is 3.16. The molecule has 0 aliphatic heterocycles. The number of benzene rings is 1. The van der Waals surface area contributed by atoms with Crippen molar-refractivity contribution in [1.29, 1.82) is 0 Å². The number of hydrogen-bond donors (Lipinski definition) is 2. The number of anilines is 1. The third-order valence-corrected chi connectivity index (χ3v) is 3.88. The average molecular weight is 322 g/mol. The number of ketones is 1. The van der Waals surface area contributed by atoms with Gasteiger partial charge in [0.05, 0.1) is 5.69 Å². The Morgan fingerprint density at radius 2 is 1.96 bits per heavy atom. The monoisotopic (exact) mass is 322 g/mol. The van der Waals surface area contributed by atoms with E-state index < -0.39 is 0 Å². The second kappa shape index (κ2) is 6.16. The predicted octanol–water partition coefficient (Wildman–Crippen LogP) is 3.18. The van der Waals surface area contributed by atoms with Gasteiger partial charge in [-0.1, -0.05) is 24.3 Å². The summed E-state index contributed by atoms with van der Waals surface area (Å²) >= 11 is 0. The molecule has 0 radical (unpaired) electrons. The van der Waals surface area contributed by atoms with Gasteiger partial charge in [0.1, 0.15) is 11.5 Å². The van der Waals surface area contributed by atoms with Crippen molar-refractivity contribution in [2.75, 3.05) is 5.32 Å². The van der Waals surface area contributed by atoms with Gasteiger partial charge in [-0.05, 0) is 25.5 Å². The lowest BCUT2D eigenvalue weighted by Crippen LogP contribution is -2.14. The molecule has 122 valence electrons. The van der Waals surface area contributed by atoms with Gasteiger partial charge in [-0.15, -0.1) is 0 Å². The summed E-state index contributed by atoms with van der Waals surface area (Å²) in [5.41, 5.74) is 3.74. The number of aromatic amines is 1. The van der Waals surface area contributed by atoms with Crippen molar-refractivity contribution in [3.63, 3.8) is 0 Å². The van der Waals surface area contributed by atoms with Crippen LogP contribution in [0.15, 0.2) is 42.6 Å². The Kier molecular flexibility index (Phi) is 4.04. The normalized spacial score (nSPS) is 10.6. The van der Waals surface area contributed by atoms with E-state index in [1.54, 1.807) is 11.7 Å². The minimum Gasteiger partial charge on any atom is -0.356 e. The van der Waals surface area contributed by atoms with E-state index in [2.05, 4.69) is 15.4 Å². The fraction of sp³-hybridized carbons (Fsp3) is 0.167. The van der Waals surface area contributed by atoms with Crippen LogP contribution in [-0.4, -0.2) is 26.5 Å². The SMILES string of the molecule is CC(=O)c1c[nH]c(C(=O)Nc2cc(-c3ccccc3C)nn2C)c1. The van der Waals surface area contributed by atoms with Crippen molar-refractivity contribution in [2.45, 2.75) is 13.8 Å². The first-order chi connectivity index (χ1) is 11.5. The van der Waals surface area contributed by atoms with Gasteiger partial charge in [0, 0.05) is 30.4 Å². The molecule has 3 aromatic rings. The van der Waals surface area contributed by atoms with Crippen molar-refractivity contribution in [1.82, 2.24) is 14.8 Å². The van der Waals surface area contributed by atoms with E-state index in [-0.39, 0.29) is 11.7 Å². The van der Waals surface area contributed by atoms with Gasteiger partial charge in [-0.3, -0.25) is 14.3 Å². The molecule has 2 heterocycles. The van der Waals surface area contributed by atoms with E-state index in [1.807, 2.05) is 37.3 Å². The summed E-state index contributed by atoms with van der Waals surface area (Å²) in [6.07, 6.45) is 1.53. The Balaban J connectivity index is 1.84. The molecule has 2 N–H and O–H groups in total. The van der Waals surface area contributed by atoms with Crippen LogP contribution < -0.4 is 5.32 Å². The topological polar surface area (TPSA) is 79.8 Å². The van der Waals surface area contributed by atoms with Crippen molar-refractivity contribution in [3.05, 3.63) is 59.4 Å². The molecule has 0 aliphatic rings. The number of Topliss-reactive ketones (excluding diaryl/α,β-unsaturated/α-hetero) is 1. The fourth-order valence-electron chi connectivity index (χ4n) is 2.49. The maximum Gasteiger partial charge on any atom is 0.273 e. The molecule has 24 heavy (non-hydrogen) atoms. The van der Waals surface area contributed by atoms with E-state index >= 15 is 0 Å². The third kappa shape index (κ3) is 2.99. The maximum absolute atomic E-state index is 12.3. The summed E-state index contributed by atoms with van der Waals surface area (Å²) in [4.78, 5) is 26.5. The molecular formula is C18H18N4O2. The van der Waals surface area contributed by atoms with Crippen LogP contribution in [0, 0.1) is 6.92 Å². The van der Waals surface area contributed by atoms with Gasteiger partial charge >= 0.3 is 0 Å². The fourth-order valence-corrected chi connectivity index (χ4v) is 2.49. The number of hydrogen-bond acceptors (Lipinski definition) is 3. The largest absolute Gasteiger partial charge is 0.356 e. The highest BCUT2D eigenvalue weighted by molar-refractivity contribution is 6.05. The maximum atomic E-state index is 12.3. The molecule has 3 rings (SSSR count). The lowest BCUT2D eigenvalue weighted by molar-refractivity contribution is 0.101. The predicted molar refractivity (Wildman–Crippen MR) is 92.1 cm³/mol. The molecular weight excluding hydrogens is 304 g/mol. The first-order valence-electron chi connectivity index (χ1n) is 7.56. The first-order valence-corrected chi connectivity index (χ1v) is 7.56. The van der Waals surface area contributed by atoms with Gasteiger partial charge in [0.15, 0.2) is 5.78 Å². The van der Waals surface area contributed by atoms with Crippen LogP contribution in [0.1, 0.15) is 33.3 Å². The highest BCUT2D eigenvalue weighted by atomic mass is 16.2. The van der Waals surface area contributed by atoms with Crippen LogP contribution in [0.3, 0.4) is 0 Å². The molecule has 0 saturated carbocycles. The van der Waals surface area contributed by atoms with Crippen LogP contribution in [0.25, 0.3) is 11.3 Å². The van der Waals surface area contributed by atoms with Gasteiger partial charge in [0.2, 0.25) is 0 Å². The molecule has 0 unspecified atom stereocenters. The Morgan fingerprint density at radius 1 is 1.21 bits per heavy atom. The Bertz CT molecular complexity index is 921. The molecule has 0 bridgehead atoms. The highest BCUT2D eigenvalue weighted by Crippen LogP contribution is 2.24. The van der Waals surface area contributed by atoms with Crippen LogP contribution in [-0.2, 0) is 7.05 Å². The molecule has 0 atom stereocenters. The minimum absolute atomic E-state index is 0.0901. The number of carbonyl (C=O) groups excluding carboxylic acids is 2. The van der Waals surface area contributed by atoms with Crippen molar-refractivity contribution in [3.8, 4) is 11.3 Å². The Hall–Kier alpha value is -3.15. The molecule has 0 fully saturated rings. The van der Waals surface area contributed by atoms with Crippen molar-refractivity contribution in [2.24, 2.45) is 7.05 Å². The first kappa shape index (κ1) is 15.7. The molecule has 1 aromatic carbocycles.